The van der Waals surface area contributed by atoms with E-state index in [1.165, 1.54) is 48.5 Å². The maximum atomic E-state index is 16.4. The predicted octanol–water partition coefficient (Wildman–Crippen LogP) is 17.4. The number of benzene rings is 7. The summed E-state index contributed by atoms with van der Waals surface area (Å²) in [5.74, 6) is -79.1. The molecule has 0 aromatic heterocycles. The van der Waals surface area contributed by atoms with Crippen molar-refractivity contribution in [2.75, 3.05) is 0 Å². The Bertz CT molecular complexity index is 3400. The van der Waals surface area contributed by atoms with Gasteiger partial charge in [0.25, 0.3) is 0 Å². The number of halogens is 21. The van der Waals surface area contributed by atoms with Gasteiger partial charge in [0, 0.05) is 0 Å². The van der Waals surface area contributed by atoms with Gasteiger partial charge in [-0.15, -0.1) is 0 Å². The molecule has 7 rings (SSSR count). The van der Waals surface area contributed by atoms with E-state index in [-0.39, 0.29) is 13.2 Å². The molecular weight excluding hydrogens is 1200 g/mol. The molecule has 408 valence electrons. The standard InChI is InChI=1S/C51H27F20IO5/c1-50(2,3)16-7-11-18(12-8-16)72(19-13-9-17(10-14-19)51(4,5)6)77-49(73)20-15-21(74-46-38(66)32(60)29(57)33(61)39(46)67)44(75-47-40(68)34(62)30(58)35(63)41(47)69)45(76-48-42(70)36(64)31(59)37(65)43(48)71)22(20)23-24(52)26(54)28(56)27(55)25(23)53/h7-15H,1-6H3. The second kappa shape index (κ2) is 20.9. The predicted molar refractivity (Wildman–Crippen MR) is 238 cm³/mol. The van der Waals surface area contributed by atoms with Gasteiger partial charge in [-0.3, -0.25) is 0 Å². The second-order valence-corrected chi connectivity index (χ2v) is 22.4. The van der Waals surface area contributed by atoms with Crippen molar-refractivity contribution in [2.45, 2.75) is 52.4 Å². The average molecular weight is 1230 g/mol. The molecule has 77 heavy (non-hydrogen) atoms. The minimum atomic E-state index is -4.19. The van der Waals surface area contributed by atoms with E-state index in [4.69, 9.17) is 17.3 Å². The van der Waals surface area contributed by atoms with Crippen LogP contribution in [-0.2, 0) is 13.9 Å². The zero-order chi connectivity index (χ0) is 57.4. The van der Waals surface area contributed by atoms with E-state index in [0.29, 0.717) is 11.1 Å². The first-order chi connectivity index (χ1) is 35.7. The fraction of sp³-hybridized carbons (Fsp3) is 0.157. The topological polar surface area (TPSA) is 54.0 Å². The van der Waals surface area contributed by atoms with Crippen molar-refractivity contribution in [3.63, 3.8) is 0 Å². The molecule has 0 heterocycles. The number of hydrogen-bond acceptors (Lipinski definition) is 5. The molecule has 7 aromatic carbocycles. The van der Waals surface area contributed by atoms with Gasteiger partial charge in [0.2, 0.25) is 0 Å². The van der Waals surface area contributed by atoms with Crippen molar-refractivity contribution in [3.05, 3.63) is 195 Å². The molecular formula is C51H27F20IO5. The molecule has 0 saturated heterocycles. The summed E-state index contributed by atoms with van der Waals surface area (Å²) < 4.78 is 324. The van der Waals surface area contributed by atoms with E-state index >= 15 is 48.7 Å². The molecule has 0 amide bonds. The van der Waals surface area contributed by atoms with E-state index in [2.05, 4.69) is 0 Å². The van der Waals surface area contributed by atoms with Gasteiger partial charge in [-0.1, -0.05) is 0 Å². The Morgan fingerprint density at radius 1 is 0.338 bits per heavy atom. The normalized spacial score (nSPS) is 12.1. The summed E-state index contributed by atoms with van der Waals surface area (Å²) in [4.78, 5) is 15.1. The molecule has 0 aliphatic carbocycles. The molecule has 0 bridgehead atoms. The van der Waals surface area contributed by atoms with Gasteiger partial charge < -0.3 is 0 Å². The number of carbonyl (C=O) groups excluding carboxylic acids is 1. The molecule has 0 unspecified atom stereocenters. The average Bonchev–Trinajstić information content (AvgIpc) is 3.39. The van der Waals surface area contributed by atoms with Crippen LogP contribution in [0, 0.1) is 123 Å². The Balaban J connectivity index is 1.70. The van der Waals surface area contributed by atoms with Crippen LogP contribution in [0.4, 0.5) is 87.8 Å². The quantitative estimate of drug-likeness (QED) is 0.0559. The first-order valence-electron chi connectivity index (χ1n) is 21.2. The molecule has 0 radical (unpaired) electrons. The summed E-state index contributed by atoms with van der Waals surface area (Å²) >= 11 is -4.19. The summed E-state index contributed by atoms with van der Waals surface area (Å²) in [7, 11) is 0. The van der Waals surface area contributed by atoms with Gasteiger partial charge in [-0.25, -0.2) is 0 Å². The van der Waals surface area contributed by atoms with Crippen molar-refractivity contribution in [1.82, 2.24) is 0 Å². The maximum absolute atomic E-state index is 16.4. The van der Waals surface area contributed by atoms with Crippen LogP contribution in [0.15, 0.2) is 54.6 Å². The molecule has 0 aliphatic rings. The van der Waals surface area contributed by atoms with Crippen LogP contribution in [0.5, 0.6) is 34.5 Å². The SMILES string of the molecule is CC(C)(C)c1ccc(I(OC(=O)c2cc(Oc3c(F)c(F)c(F)c(F)c3F)c(Oc3c(F)c(F)c(F)c(F)c3F)c(Oc3c(F)c(F)c(F)c(F)c3F)c2-c2c(F)c(F)c(F)c(F)c2F)c2ccc(C(C)(C)C)cc2)cc1. The minimum absolute atomic E-state index is 0.0823. The number of rotatable bonds is 11. The molecule has 26 heteroatoms. The van der Waals surface area contributed by atoms with Crippen LogP contribution in [0.1, 0.15) is 63.0 Å². The molecule has 5 nitrogen and oxygen atoms in total. The van der Waals surface area contributed by atoms with E-state index in [1.54, 1.807) is 41.5 Å². The van der Waals surface area contributed by atoms with Crippen molar-refractivity contribution >= 4 is 26.2 Å². The number of carbonyl (C=O) groups is 1. The third-order valence-electron chi connectivity index (χ3n) is 11.0. The van der Waals surface area contributed by atoms with E-state index in [9.17, 15) is 43.9 Å². The molecule has 7 aromatic rings. The van der Waals surface area contributed by atoms with Crippen LogP contribution in [0.25, 0.3) is 11.1 Å². The third-order valence-corrected chi connectivity index (χ3v) is 15.5. The van der Waals surface area contributed by atoms with Crippen LogP contribution in [-0.4, -0.2) is 5.97 Å². The monoisotopic (exact) mass is 1230 g/mol. The first-order valence-corrected chi connectivity index (χ1v) is 24.2. The third kappa shape index (κ3) is 10.3. The summed E-state index contributed by atoms with van der Waals surface area (Å²) in [6, 6.07) is 11.3. The fourth-order valence-corrected chi connectivity index (χ4v) is 10.8. The molecule has 0 aliphatic heterocycles. The van der Waals surface area contributed by atoms with E-state index < -0.39 is 205 Å². The molecule has 0 fully saturated rings. The van der Waals surface area contributed by atoms with Gasteiger partial charge in [-0.2, -0.15) is 0 Å². The summed E-state index contributed by atoms with van der Waals surface area (Å²) in [6.07, 6.45) is 0. The Morgan fingerprint density at radius 2 is 0.610 bits per heavy atom. The van der Waals surface area contributed by atoms with Crippen molar-refractivity contribution in [2.24, 2.45) is 0 Å². The van der Waals surface area contributed by atoms with Gasteiger partial charge in [0.1, 0.15) is 0 Å². The number of ether oxygens (including phenoxy) is 3. The van der Waals surface area contributed by atoms with Crippen molar-refractivity contribution in [1.29, 1.82) is 0 Å². The van der Waals surface area contributed by atoms with Gasteiger partial charge in [-0.05, 0) is 0 Å². The summed E-state index contributed by atoms with van der Waals surface area (Å²) in [5, 5.41) is 0. The Morgan fingerprint density at radius 3 is 0.922 bits per heavy atom. The molecule has 0 saturated carbocycles. The van der Waals surface area contributed by atoms with Crippen LogP contribution >= 0.6 is 20.2 Å². The Kier molecular flexibility index (Phi) is 15.6. The Hall–Kier alpha value is -7.26. The van der Waals surface area contributed by atoms with Gasteiger partial charge >= 0.3 is 429 Å². The van der Waals surface area contributed by atoms with Crippen LogP contribution in [0.2, 0.25) is 0 Å². The van der Waals surface area contributed by atoms with Crippen LogP contribution < -0.4 is 14.2 Å². The summed E-state index contributed by atoms with van der Waals surface area (Å²) in [6.45, 7) is 10.7. The summed E-state index contributed by atoms with van der Waals surface area (Å²) in [5.41, 5.74) is -6.87. The van der Waals surface area contributed by atoms with E-state index in [1.807, 2.05) is 0 Å². The Labute approximate surface area is 427 Å². The fourth-order valence-electron chi connectivity index (χ4n) is 6.91. The van der Waals surface area contributed by atoms with E-state index in [0.717, 1.165) is 0 Å². The first kappa shape index (κ1) is 57.4. The molecule has 0 atom stereocenters. The van der Waals surface area contributed by atoms with Crippen LogP contribution in [0.3, 0.4) is 0 Å². The van der Waals surface area contributed by atoms with Crippen molar-refractivity contribution in [3.8, 4) is 45.6 Å². The van der Waals surface area contributed by atoms with Crippen molar-refractivity contribution < 1.29 is 110 Å². The zero-order valence-electron chi connectivity index (χ0n) is 39.2. The molecule has 0 spiro atoms. The van der Waals surface area contributed by atoms with Gasteiger partial charge in [0.05, 0.1) is 0 Å². The second-order valence-electron chi connectivity index (χ2n) is 18.0. The zero-order valence-corrected chi connectivity index (χ0v) is 41.3. The van der Waals surface area contributed by atoms with Gasteiger partial charge in [0.15, 0.2) is 0 Å². The molecule has 0 N–H and O–H groups in total. The number of hydrogen-bond donors (Lipinski definition) is 0.